The van der Waals surface area contributed by atoms with E-state index >= 15 is 0 Å². The normalized spacial score (nSPS) is 10.4. The van der Waals surface area contributed by atoms with Crippen molar-refractivity contribution < 1.29 is 9.53 Å². The molecule has 1 amide bonds. The van der Waals surface area contributed by atoms with Crippen molar-refractivity contribution in [2.24, 2.45) is 0 Å². The molecular formula is C22H32N8O2. The van der Waals surface area contributed by atoms with E-state index in [0.29, 0.717) is 29.0 Å². The van der Waals surface area contributed by atoms with Crippen LogP contribution in [0.1, 0.15) is 13.3 Å². The van der Waals surface area contributed by atoms with Gasteiger partial charge in [0.05, 0.1) is 24.2 Å². The summed E-state index contributed by atoms with van der Waals surface area (Å²) in [5, 5.41) is 9.04. The summed E-state index contributed by atoms with van der Waals surface area (Å²) in [5.41, 5.74) is 2.79. The predicted molar refractivity (Wildman–Crippen MR) is 130 cm³/mol. The van der Waals surface area contributed by atoms with Crippen molar-refractivity contribution >= 4 is 34.9 Å². The summed E-state index contributed by atoms with van der Waals surface area (Å²) < 4.78 is 5.60. The Balaban J connectivity index is 2.41. The molecule has 0 aliphatic carbocycles. The molecule has 1 aromatic heterocycles. The molecule has 0 atom stereocenters. The van der Waals surface area contributed by atoms with E-state index in [0.717, 1.165) is 30.9 Å². The van der Waals surface area contributed by atoms with Crippen molar-refractivity contribution in [3.63, 3.8) is 0 Å². The maximum atomic E-state index is 12.1. The smallest absolute Gasteiger partial charge is 0.247 e. The molecule has 0 aliphatic heterocycles. The average molecular weight is 441 g/mol. The summed E-state index contributed by atoms with van der Waals surface area (Å²) in [6.45, 7) is 11.0. The fraction of sp³-hybridized carbons (Fsp3) is 0.364. The van der Waals surface area contributed by atoms with Gasteiger partial charge in [0.15, 0.2) is 0 Å². The lowest BCUT2D eigenvalue weighted by Gasteiger charge is -2.26. The van der Waals surface area contributed by atoms with Gasteiger partial charge in [0.2, 0.25) is 17.8 Å². The minimum atomic E-state index is -0.312. The molecule has 0 aliphatic rings. The molecule has 0 saturated carbocycles. The molecule has 0 bridgehead atoms. The highest BCUT2D eigenvalue weighted by Gasteiger charge is 2.16. The van der Waals surface area contributed by atoms with Crippen LogP contribution in [0.5, 0.6) is 5.75 Å². The van der Waals surface area contributed by atoms with Crippen LogP contribution >= 0.6 is 0 Å². The minimum Gasteiger partial charge on any atom is -0.494 e. The average Bonchev–Trinajstić information content (AvgIpc) is 2.77. The van der Waals surface area contributed by atoms with E-state index in [9.17, 15) is 4.79 Å². The molecule has 0 saturated heterocycles. The topological polar surface area (TPSA) is 108 Å². The quantitative estimate of drug-likeness (QED) is 0.429. The van der Waals surface area contributed by atoms with Crippen molar-refractivity contribution in [1.29, 1.82) is 0 Å². The second-order valence-electron chi connectivity index (χ2n) is 7.33. The molecule has 0 unspecified atom stereocenters. The Morgan fingerprint density at radius 3 is 2.47 bits per heavy atom. The highest BCUT2D eigenvalue weighted by Crippen LogP contribution is 2.37. The maximum Gasteiger partial charge on any atom is 0.247 e. The maximum absolute atomic E-state index is 12.1. The van der Waals surface area contributed by atoms with Crippen LogP contribution in [0.25, 0.3) is 0 Å². The highest BCUT2D eigenvalue weighted by molar-refractivity contribution is 6.02. The summed E-state index contributed by atoms with van der Waals surface area (Å²) in [6.07, 6.45) is 3.37. The van der Waals surface area contributed by atoms with Gasteiger partial charge in [-0.3, -0.25) is 4.79 Å². The van der Waals surface area contributed by atoms with E-state index < -0.39 is 0 Å². The number of likely N-dealkylation sites (N-methyl/N-ethyl adjacent to an activating group) is 2. The molecule has 0 spiro atoms. The molecule has 10 heteroatoms. The minimum absolute atomic E-state index is 0.312. The molecule has 1 heterocycles. The monoisotopic (exact) mass is 440 g/mol. The van der Waals surface area contributed by atoms with E-state index in [4.69, 9.17) is 4.74 Å². The van der Waals surface area contributed by atoms with Crippen molar-refractivity contribution in [2.75, 3.05) is 62.2 Å². The molecule has 32 heavy (non-hydrogen) atoms. The van der Waals surface area contributed by atoms with Gasteiger partial charge in [0, 0.05) is 31.9 Å². The van der Waals surface area contributed by atoms with Crippen LogP contribution in [0.4, 0.5) is 29.0 Å². The third-order valence-electron chi connectivity index (χ3n) is 4.59. The van der Waals surface area contributed by atoms with Gasteiger partial charge in [-0.15, -0.1) is 0 Å². The Morgan fingerprint density at radius 2 is 1.84 bits per heavy atom. The number of nitrogens with one attached hydrogen (secondary N) is 3. The molecule has 3 N–H and O–H groups in total. The molecule has 172 valence electrons. The van der Waals surface area contributed by atoms with E-state index in [1.165, 1.54) is 12.4 Å². The van der Waals surface area contributed by atoms with Crippen LogP contribution in [-0.4, -0.2) is 67.1 Å². The number of allylic oxidation sites excluding steroid dienone is 1. The number of methoxy groups -OCH3 is 1. The van der Waals surface area contributed by atoms with Crippen LogP contribution in [0.15, 0.2) is 43.4 Å². The van der Waals surface area contributed by atoms with Crippen LogP contribution in [0.2, 0.25) is 0 Å². The van der Waals surface area contributed by atoms with Crippen molar-refractivity contribution in [3.8, 4) is 5.75 Å². The molecular weight excluding hydrogens is 408 g/mol. The fourth-order valence-electron chi connectivity index (χ4n) is 2.69. The zero-order chi connectivity index (χ0) is 23.7. The van der Waals surface area contributed by atoms with E-state index in [1.54, 1.807) is 13.2 Å². The van der Waals surface area contributed by atoms with E-state index in [1.807, 2.05) is 39.0 Å². The number of ether oxygens (including phenoxy) is 1. The summed E-state index contributed by atoms with van der Waals surface area (Å²) >= 11 is 0. The SMILES string of the molecule is C=CC(=O)Nc1cc(Nc2ncnc(NC(=C)CC)n2)c(OC)cc1N(C)CCN(C)C. The fourth-order valence-corrected chi connectivity index (χ4v) is 2.69. The number of aromatic nitrogens is 3. The lowest BCUT2D eigenvalue weighted by molar-refractivity contribution is -0.111. The first-order chi connectivity index (χ1) is 15.3. The largest absolute Gasteiger partial charge is 0.494 e. The summed E-state index contributed by atoms with van der Waals surface area (Å²) in [4.78, 5) is 28.9. The molecule has 2 rings (SSSR count). The summed E-state index contributed by atoms with van der Waals surface area (Å²) in [7, 11) is 7.56. The Hall–Kier alpha value is -3.66. The number of hydrogen-bond acceptors (Lipinski definition) is 9. The Kier molecular flexibility index (Phi) is 8.96. The molecule has 0 fully saturated rings. The van der Waals surface area contributed by atoms with Crippen LogP contribution in [0.3, 0.4) is 0 Å². The summed E-state index contributed by atoms with van der Waals surface area (Å²) in [6, 6.07) is 3.64. The standard InChI is InChI=1S/C22H32N8O2/c1-8-15(3)25-21-23-14-24-22(28-21)27-17-12-16(26-20(31)9-2)18(13-19(17)32-7)30(6)11-10-29(4)5/h9,12-14H,2-3,8,10-11H2,1,4-7H3,(H,26,31)(H2,23,24,25,27,28). The van der Waals surface area contributed by atoms with Gasteiger partial charge < -0.3 is 30.5 Å². The summed E-state index contributed by atoms with van der Waals surface area (Å²) in [5.74, 6) is 0.960. The van der Waals surface area contributed by atoms with Gasteiger partial charge in [0.25, 0.3) is 0 Å². The Bertz CT molecular complexity index is 961. The first-order valence-electron chi connectivity index (χ1n) is 10.2. The van der Waals surface area contributed by atoms with Gasteiger partial charge in [-0.25, -0.2) is 9.97 Å². The van der Waals surface area contributed by atoms with Gasteiger partial charge in [0.1, 0.15) is 12.1 Å². The highest BCUT2D eigenvalue weighted by atomic mass is 16.5. The lowest BCUT2D eigenvalue weighted by atomic mass is 10.2. The number of hydrogen-bond donors (Lipinski definition) is 3. The first-order valence-corrected chi connectivity index (χ1v) is 10.2. The number of amides is 1. The van der Waals surface area contributed by atoms with Crippen molar-refractivity contribution in [1.82, 2.24) is 19.9 Å². The third kappa shape index (κ3) is 6.95. The number of anilines is 5. The number of carbonyl (C=O) groups is 1. The number of carbonyl (C=O) groups excluding carboxylic acids is 1. The van der Waals surface area contributed by atoms with E-state index in [-0.39, 0.29) is 5.91 Å². The predicted octanol–water partition coefficient (Wildman–Crippen LogP) is 3.08. The number of rotatable bonds is 12. The van der Waals surface area contributed by atoms with Crippen LogP contribution in [-0.2, 0) is 4.79 Å². The Morgan fingerprint density at radius 1 is 1.12 bits per heavy atom. The molecule has 0 radical (unpaired) electrons. The van der Waals surface area contributed by atoms with Crippen LogP contribution < -0.4 is 25.6 Å². The Labute approximate surface area is 189 Å². The second kappa shape index (κ2) is 11.7. The molecule has 1 aromatic carbocycles. The van der Waals surface area contributed by atoms with Crippen molar-refractivity contribution in [2.45, 2.75) is 13.3 Å². The van der Waals surface area contributed by atoms with Gasteiger partial charge in [-0.1, -0.05) is 20.1 Å². The zero-order valence-corrected chi connectivity index (χ0v) is 19.4. The van der Waals surface area contributed by atoms with Gasteiger partial charge in [-0.05, 0) is 32.7 Å². The first kappa shape index (κ1) is 24.6. The zero-order valence-electron chi connectivity index (χ0n) is 19.4. The molecule has 10 nitrogen and oxygen atoms in total. The van der Waals surface area contributed by atoms with Crippen molar-refractivity contribution in [3.05, 3.63) is 43.4 Å². The number of nitrogens with zero attached hydrogens (tertiary/aromatic N) is 5. The lowest BCUT2D eigenvalue weighted by Crippen LogP contribution is -2.29. The van der Waals surface area contributed by atoms with Gasteiger partial charge >= 0.3 is 0 Å². The van der Waals surface area contributed by atoms with E-state index in [2.05, 4.69) is 49.0 Å². The van der Waals surface area contributed by atoms with Crippen LogP contribution in [0, 0.1) is 0 Å². The third-order valence-corrected chi connectivity index (χ3v) is 4.59. The number of benzene rings is 1. The second-order valence-corrected chi connectivity index (χ2v) is 7.33. The molecule has 2 aromatic rings. The van der Waals surface area contributed by atoms with Gasteiger partial charge in [-0.2, -0.15) is 4.98 Å².